The number of hydrogen-bond donors (Lipinski definition) is 0. The summed E-state index contributed by atoms with van der Waals surface area (Å²) in [6.45, 7) is 4.14. The van der Waals surface area contributed by atoms with Crippen LogP contribution in [0, 0.1) is 17.6 Å². The molecule has 9 heteroatoms. The van der Waals surface area contributed by atoms with Gasteiger partial charge in [0, 0.05) is 30.6 Å². The number of pyridine rings is 1. The van der Waals surface area contributed by atoms with Gasteiger partial charge in [-0.15, -0.1) is 5.10 Å². The summed E-state index contributed by atoms with van der Waals surface area (Å²) in [6, 6.07) is 6.87. The standard InChI is InChI=1S/C22H23F2N5O2/c1-2-31-22(30)16-5-9-28(10-6-16)14-20-21(15-3-7-25-8-4-15)29(27-26-20)19-12-17(23)11-18(24)13-19/h3-4,7-8,11-13,16H,2,5-6,9-10,14H2,1H3. The summed E-state index contributed by atoms with van der Waals surface area (Å²) < 4.78 is 34.2. The third-order valence-corrected chi connectivity index (χ3v) is 5.37. The number of likely N-dealkylation sites (tertiary alicyclic amines) is 1. The van der Waals surface area contributed by atoms with Gasteiger partial charge in [-0.25, -0.2) is 13.5 Å². The van der Waals surface area contributed by atoms with Crippen molar-refractivity contribution >= 4 is 5.97 Å². The Hall–Kier alpha value is -3.20. The number of carbonyl (C=O) groups is 1. The van der Waals surface area contributed by atoms with Crippen LogP contribution in [0.4, 0.5) is 8.78 Å². The summed E-state index contributed by atoms with van der Waals surface area (Å²) in [5, 5.41) is 8.51. The fraction of sp³-hybridized carbons (Fsp3) is 0.364. The Bertz CT molecular complexity index is 1030. The van der Waals surface area contributed by atoms with Crippen LogP contribution in [0.1, 0.15) is 25.5 Å². The molecule has 0 atom stereocenters. The minimum atomic E-state index is -0.686. The zero-order valence-corrected chi connectivity index (χ0v) is 17.2. The highest BCUT2D eigenvalue weighted by Crippen LogP contribution is 2.28. The Kier molecular flexibility index (Phi) is 6.31. The maximum atomic E-state index is 13.8. The summed E-state index contributed by atoms with van der Waals surface area (Å²) in [5.41, 5.74) is 2.38. The molecule has 0 unspecified atom stereocenters. The van der Waals surface area contributed by atoms with Crippen LogP contribution in [0.25, 0.3) is 16.9 Å². The Morgan fingerprint density at radius 3 is 2.45 bits per heavy atom. The number of hydrogen-bond acceptors (Lipinski definition) is 6. The van der Waals surface area contributed by atoms with E-state index < -0.39 is 11.6 Å². The minimum absolute atomic E-state index is 0.0816. The van der Waals surface area contributed by atoms with Crippen LogP contribution in [0.15, 0.2) is 42.7 Å². The number of benzene rings is 1. The maximum absolute atomic E-state index is 13.8. The molecule has 3 aromatic rings. The van der Waals surface area contributed by atoms with Gasteiger partial charge in [0.2, 0.25) is 0 Å². The van der Waals surface area contributed by atoms with Gasteiger partial charge < -0.3 is 4.74 Å². The number of nitrogens with zero attached hydrogens (tertiary/aromatic N) is 5. The number of rotatable bonds is 6. The largest absolute Gasteiger partial charge is 0.466 e. The molecule has 1 saturated heterocycles. The molecule has 1 aliphatic heterocycles. The van der Waals surface area contributed by atoms with E-state index in [4.69, 9.17) is 4.74 Å². The van der Waals surface area contributed by atoms with Crippen molar-refractivity contribution in [1.82, 2.24) is 24.9 Å². The van der Waals surface area contributed by atoms with E-state index in [0.717, 1.165) is 24.7 Å². The molecule has 0 saturated carbocycles. The lowest BCUT2D eigenvalue weighted by Crippen LogP contribution is -2.36. The van der Waals surface area contributed by atoms with E-state index in [2.05, 4.69) is 20.2 Å². The van der Waals surface area contributed by atoms with E-state index >= 15 is 0 Å². The van der Waals surface area contributed by atoms with Gasteiger partial charge in [-0.3, -0.25) is 14.7 Å². The van der Waals surface area contributed by atoms with E-state index in [-0.39, 0.29) is 17.6 Å². The van der Waals surface area contributed by atoms with Crippen molar-refractivity contribution < 1.29 is 18.3 Å². The summed E-state index contributed by atoms with van der Waals surface area (Å²) in [6.07, 6.45) is 4.72. The van der Waals surface area contributed by atoms with Gasteiger partial charge in [0.05, 0.1) is 23.9 Å². The molecule has 162 valence electrons. The topological polar surface area (TPSA) is 73.1 Å². The smallest absolute Gasteiger partial charge is 0.309 e. The first-order valence-corrected chi connectivity index (χ1v) is 10.3. The first kappa shape index (κ1) is 21.0. The number of halogens is 2. The molecule has 7 nitrogen and oxygen atoms in total. The third kappa shape index (κ3) is 4.77. The van der Waals surface area contributed by atoms with Crippen LogP contribution in [0.5, 0.6) is 0 Å². The van der Waals surface area contributed by atoms with Gasteiger partial charge in [-0.2, -0.15) is 0 Å². The number of carbonyl (C=O) groups excluding carboxylic acids is 1. The molecule has 1 aromatic carbocycles. The predicted molar refractivity (Wildman–Crippen MR) is 109 cm³/mol. The molecule has 0 spiro atoms. The molecular formula is C22H23F2N5O2. The second kappa shape index (κ2) is 9.30. The molecule has 1 aliphatic rings. The van der Waals surface area contributed by atoms with Crippen molar-refractivity contribution in [2.45, 2.75) is 26.3 Å². The van der Waals surface area contributed by atoms with Crippen LogP contribution < -0.4 is 0 Å². The predicted octanol–water partition coefficient (Wildman–Crippen LogP) is 3.38. The Balaban J connectivity index is 1.60. The van der Waals surface area contributed by atoms with Crippen LogP contribution in [0.2, 0.25) is 0 Å². The van der Waals surface area contributed by atoms with E-state index in [1.165, 1.54) is 16.8 Å². The molecule has 2 aromatic heterocycles. The fourth-order valence-corrected chi connectivity index (χ4v) is 3.86. The second-order valence-corrected chi connectivity index (χ2v) is 7.46. The monoisotopic (exact) mass is 427 g/mol. The molecule has 0 bridgehead atoms. The Morgan fingerprint density at radius 2 is 1.81 bits per heavy atom. The van der Waals surface area contributed by atoms with E-state index in [9.17, 15) is 13.6 Å². The Labute approximate surface area is 178 Å². The normalized spacial score (nSPS) is 15.2. The highest BCUT2D eigenvalue weighted by Gasteiger charge is 2.27. The first-order chi connectivity index (χ1) is 15.0. The van der Waals surface area contributed by atoms with Gasteiger partial charge in [-0.1, -0.05) is 5.21 Å². The minimum Gasteiger partial charge on any atom is -0.466 e. The Morgan fingerprint density at radius 1 is 1.13 bits per heavy atom. The van der Waals surface area contributed by atoms with Crippen LogP contribution in [-0.4, -0.2) is 50.5 Å². The summed E-state index contributed by atoms with van der Waals surface area (Å²) in [7, 11) is 0. The average Bonchev–Trinajstić information content (AvgIpc) is 3.18. The lowest BCUT2D eigenvalue weighted by Gasteiger charge is -2.30. The highest BCUT2D eigenvalue weighted by atomic mass is 19.1. The maximum Gasteiger partial charge on any atom is 0.309 e. The van der Waals surface area contributed by atoms with Crippen molar-refractivity contribution in [2.24, 2.45) is 5.92 Å². The third-order valence-electron chi connectivity index (χ3n) is 5.37. The molecule has 0 aliphatic carbocycles. The molecular weight excluding hydrogens is 404 g/mol. The quantitative estimate of drug-likeness (QED) is 0.562. The van der Waals surface area contributed by atoms with Crippen molar-refractivity contribution in [3.05, 3.63) is 60.1 Å². The van der Waals surface area contributed by atoms with Gasteiger partial charge in [0.25, 0.3) is 0 Å². The zero-order valence-electron chi connectivity index (χ0n) is 17.2. The average molecular weight is 427 g/mol. The number of ether oxygens (including phenoxy) is 1. The van der Waals surface area contributed by atoms with Gasteiger partial charge >= 0.3 is 5.97 Å². The lowest BCUT2D eigenvalue weighted by atomic mass is 9.97. The second-order valence-electron chi connectivity index (χ2n) is 7.46. The van der Waals surface area contributed by atoms with Gasteiger partial charge in [-0.05, 0) is 57.1 Å². The zero-order chi connectivity index (χ0) is 21.8. The number of esters is 1. The first-order valence-electron chi connectivity index (χ1n) is 10.3. The molecule has 0 amide bonds. The molecule has 0 radical (unpaired) electrons. The highest BCUT2D eigenvalue weighted by molar-refractivity contribution is 5.72. The van der Waals surface area contributed by atoms with E-state index in [1.54, 1.807) is 24.5 Å². The van der Waals surface area contributed by atoms with Crippen molar-refractivity contribution in [3.8, 4) is 16.9 Å². The number of aromatic nitrogens is 4. The van der Waals surface area contributed by atoms with Gasteiger partial charge in [0.15, 0.2) is 0 Å². The molecule has 0 N–H and O–H groups in total. The van der Waals surface area contributed by atoms with Crippen molar-refractivity contribution in [2.75, 3.05) is 19.7 Å². The SMILES string of the molecule is CCOC(=O)C1CCN(Cc2nnn(-c3cc(F)cc(F)c3)c2-c2ccncc2)CC1. The molecule has 4 rings (SSSR count). The summed E-state index contributed by atoms with van der Waals surface area (Å²) in [4.78, 5) is 18.2. The molecule has 31 heavy (non-hydrogen) atoms. The van der Waals surface area contributed by atoms with Crippen LogP contribution in [-0.2, 0) is 16.1 Å². The van der Waals surface area contributed by atoms with Crippen LogP contribution in [0.3, 0.4) is 0 Å². The van der Waals surface area contributed by atoms with E-state index in [1.807, 2.05) is 6.92 Å². The van der Waals surface area contributed by atoms with Crippen molar-refractivity contribution in [1.29, 1.82) is 0 Å². The summed E-state index contributed by atoms with van der Waals surface area (Å²) in [5.74, 6) is -1.59. The van der Waals surface area contributed by atoms with Crippen LogP contribution >= 0.6 is 0 Å². The summed E-state index contributed by atoms with van der Waals surface area (Å²) >= 11 is 0. The van der Waals surface area contributed by atoms with Gasteiger partial charge in [0.1, 0.15) is 17.3 Å². The molecule has 3 heterocycles. The fourth-order valence-electron chi connectivity index (χ4n) is 3.86. The number of piperidine rings is 1. The molecule has 1 fully saturated rings. The van der Waals surface area contributed by atoms with E-state index in [0.29, 0.717) is 37.4 Å². The lowest BCUT2D eigenvalue weighted by molar-refractivity contribution is -0.149. The van der Waals surface area contributed by atoms with Crippen molar-refractivity contribution in [3.63, 3.8) is 0 Å².